The molecule has 0 N–H and O–H groups in total. The molecule has 0 aromatic heterocycles. The van der Waals surface area contributed by atoms with Crippen LogP contribution in [0.15, 0.2) is 48.5 Å². The zero-order chi connectivity index (χ0) is 20.6. The molecule has 1 amide bonds. The molecule has 0 bridgehead atoms. The zero-order valence-electron chi connectivity index (χ0n) is 17.6. The van der Waals surface area contributed by atoms with Gasteiger partial charge in [0.15, 0.2) is 0 Å². The number of anilines is 1. The van der Waals surface area contributed by atoms with Crippen LogP contribution in [0.25, 0.3) is 0 Å². The van der Waals surface area contributed by atoms with Gasteiger partial charge in [-0.15, -0.1) is 0 Å². The van der Waals surface area contributed by atoms with Crippen molar-refractivity contribution >= 4 is 11.6 Å². The van der Waals surface area contributed by atoms with Crippen LogP contribution in [0.1, 0.15) is 48.8 Å². The molecule has 4 heteroatoms. The average molecular weight is 388 g/mol. The number of rotatable bonds is 3. The first-order valence-corrected chi connectivity index (χ1v) is 10.4. The Labute approximate surface area is 173 Å². The summed E-state index contributed by atoms with van der Waals surface area (Å²) in [6.45, 7) is 2.70. The van der Waals surface area contributed by atoms with E-state index < -0.39 is 0 Å². The summed E-state index contributed by atoms with van der Waals surface area (Å²) in [6.07, 6.45) is 4.73. The predicted octanol–water partition coefficient (Wildman–Crippen LogP) is 4.62. The monoisotopic (exact) mass is 387 g/mol. The predicted molar refractivity (Wildman–Crippen MR) is 116 cm³/mol. The Morgan fingerprint density at radius 3 is 2.34 bits per heavy atom. The van der Waals surface area contributed by atoms with Crippen LogP contribution < -0.4 is 4.90 Å². The molecule has 2 fully saturated rings. The lowest BCUT2D eigenvalue weighted by Crippen LogP contribution is -2.47. The first-order chi connectivity index (χ1) is 13.9. The summed E-state index contributed by atoms with van der Waals surface area (Å²) in [4.78, 5) is 17.2. The first-order valence-electron chi connectivity index (χ1n) is 10.4. The van der Waals surface area contributed by atoms with Gasteiger partial charge in [-0.3, -0.25) is 9.69 Å². The van der Waals surface area contributed by atoms with E-state index in [1.165, 1.54) is 5.56 Å². The van der Waals surface area contributed by atoms with E-state index in [1.807, 2.05) is 30.0 Å². The molecule has 4 rings (SSSR count). The number of carbonyl (C=O) groups is 1. The third-order valence-electron chi connectivity index (χ3n) is 7.19. The summed E-state index contributed by atoms with van der Waals surface area (Å²) in [5.41, 5.74) is 3.83. The Morgan fingerprint density at radius 1 is 1.03 bits per heavy atom. The molecule has 2 aromatic carbocycles. The van der Waals surface area contributed by atoms with E-state index in [0.717, 1.165) is 43.5 Å². The Bertz CT molecular complexity index is 950. The molecule has 1 aliphatic carbocycles. The average Bonchev–Trinajstić information content (AvgIpc) is 3.04. The Kier molecular flexibility index (Phi) is 4.96. The number of hydrogen-bond acceptors (Lipinski definition) is 3. The van der Waals surface area contributed by atoms with Gasteiger partial charge in [0, 0.05) is 18.5 Å². The van der Waals surface area contributed by atoms with Crippen LogP contribution >= 0.6 is 0 Å². The van der Waals surface area contributed by atoms with Crippen LogP contribution in [-0.2, 0) is 10.3 Å². The Morgan fingerprint density at radius 2 is 1.72 bits per heavy atom. The summed E-state index contributed by atoms with van der Waals surface area (Å²) in [5.74, 6) is 0.155. The van der Waals surface area contributed by atoms with Crippen LogP contribution in [-0.4, -0.2) is 31.4 Å². The normalized spacial score (nSPS) is 26.9. The van der Waals surface area contributed by atoms with E-state index in [2.05, 4.69) is 55.4 Å². The number of hydrogen-bond donors (Lipinski definition) is 0. The molecule has 1 saturated carbocycles. The standard InChI is InChI=1S/C25H29N3O/c1-19-9-10-22(20(15-19)17-26)28-18-24(16-23(28)29)11-13-25(14-12-24,27(2)3)21-7-5-4-6-8-21/h4-10,15H,11-14,16,18H2,1-3H3. The second kappa shape index (κ2) is 7.31. The van der Waals surface area contributed by atoms with Gasteiger partial charge in [-0.1, -0.05) is 36.4 Å². The maximum absolute atomic E-state index is 13.0. The summed E-state index contributed by atoms with van der Waals surface area (Å²) in [7, 11) is 4.34. The van der Waals surface area contributed by atoms with Gasteiger partial charge in [0.25, 0.3) is 0 Å². The molecule has 0 unspecified atom stereocenters. The maximum atomic E-state index is 13.0. The molecule has 2 aromatic rings. The third kappa shape index (κ3) is 3.34. The fourth-order valence-electron chi connectivity index (χ4n) is 5.36. The van der Waals surface area contributed by atoms with Crippen molar-refractivity contribution in [1.82, 2.24) is 4.90 Å². The molecule has 4 nitrogen and oxygen atoms in total. The van der Waals surface area contributed by atoms with Gasteiger partial charge in [-0.05, 0) is 75.4 Å². The minimum atomic E-state index is 0.0169. The highest BCUT2D eigenvalue weighted by molar-refractivity contribution is 5.97. The fraction of sp³-hybridized carbons (Fsp3) is 0.440. The van der Waals surface area contributed by atoms with Crippen molar-refractivity contribution < 1.29 is 4.79 Å². The fourth-order valence-corrected chi connectivity index (χ4v) is 5.36. The molecule has 1 heterocycles. The first kappa shape index (κ1) is 19.7. The van der Waals surface area contributed by atoms with E-state index in [4.69, 9.17) is 0 Å². The van der Waals surface area contributed by atoms with Gasteiger partial charge in [0.05, 0.1) is 11.3 Å². The second-order valence-corrected chi connectivity index (χ2v) is 9.08. The van der Waals surface area contributed by atoms with Crippen molar-refractivity contribution in [2.75, 3.05) is 25.5 Å². The van der Waals surface area contributed by atoms with Crippen molar-refractivity contribution in [3.63, 3.8) is 0 Å². The number of aryl methyl sites for hydroxylation is 1. The van der Waals surface area contributed by atoms with Crippen LogP contribution in [0, 0.1) is 23.7 Å². The second-order valence-electron chi connectivity index (χ2n) is 9.08. The van der Waals surface area contributed by atoms with Crippen molar-refractivity contribution in [3.05, 3.63) is 65.2 Å². The van der Waals surface area contributed by atoms with Crippen LogP contribution in [0.2, 0.25) is 0 Å². The molecule has 29 heavy (non-hydrogen) atoms. The number of carbonyl (C=O) groups excluding carboxylic acids is 1. The highest BCUT2D eigenvalue weighted by Crippen LogP contribution is 2.52. The van der Waals surface area contributed by atoms with E-state index in [9.17, 15) is 10.1 Å². The van der Waals surface area contributed by atoms with E-state index in [-0.39, 0.29) is 16.9 Å². The maximum Gasteiger partial charge on any atom is 0.227 e. The van der Waals surface area contributed by atoms with E-state index in [1.54, 1.807) is 0 Å². The lowest BCUT2D eigenvalue weighted by atomic mass is 9.64. The number of nitriles is 1. The van der Waals surface area contributed by atoms with Crippen molar-refractivity contribution in [2.45, 2.75) is 44.6 Å². The molecule has 0 radical (unpaired) electrons. The Hall–Kier alpha value is -2.64. The molecule has 1 saturated heterocycles. The largest absolute Gasteiger partial charge is 0.311 e. The van der Waals surface area contributed by atoms with Crippen molar-refractivity contribution in [2.24, 2.45) is 5.41 Å². The molecular formula is C25H29N3O. The van der Waals surface area contributed by atoms with Gasteiger partial charge in [-0.2, -0.15) is 5.26 Å². The molecule has 1 aliphatic heterocycles. The van der Waals surface area contributed by atoms with Crippen molar-refractivity contribution in [1.29, 1.82) is 5.26 Å². The van der Waals surface area contributed by atoms with Gasteiger partial charge in [0.1, 0.15) is 6.07 Å². The lowest BCUT2D eigenvalue weighted by molar-refractivity contribution is -0.118. The number of amides is 1. The number of nitrogens with zero attached hydrogens (tertiary/aromatic N) is 3. The number of benzene rings is 2. The zero-order valence-corrected chi connectivity index (χ0v) is 17.6. The van der Waals surface area contributed by atoms with Crippen LogP contribution in [0.3, 0.4) is 0 Å². The van der Waals surface area contributed by atoms with Gasteiger partial charge >= 0.3 is 0 Å². The SMILES string of the molecule is Cc1ccc(N2CC3(CCC(c4ccccc4)(N(C)C)CC3)CC2=O)c(C#N)c1. The van der Waals surface area contributed by atoms with Gasteiger partial charge in [0.2, 0.25) is 5.91 Å². The van der Waals surface area contributed by atoms with E-state index >= 15 is 0 Å². The van der Waals surface area contributed by atoms with Crippen molar-refractivity contribution in [3.8, 4) is 6.07 Å². The van der Waals surface area contributed by atoms with Gasteiger partial charge in [-0.25, -0.2) is 0 Å². The Balaban J connectivity index is 1.58. The quantitative estimate of drug-likeness (QED) is 0.772. The molecule has 0 atom stereocenters. The topological polar surface area (TPSA) is 47.3 Å². The van der Waals surface area contributed by atoms with Crippen LogP contribution in [0.4, 0.5) is 5.69 Å². The van der Waals surface area contributed by atoms with Gasteiger partial charge < -0.3 is 4.90 Å². The molecule has 1 spiro atoms. The van der Waals surface area contributed by atoms with Crippen LogP contribution in [0.5, 0.6) is 0 Å². The highest BCUT2D eigenvalue weighted by Gasteiger charge is 2.50. The summed E-state index contributed by atoms with van der Waals surface area (Å²) < 4.78 is 0. The minimum Gasteiger partial charge on any atom is -0.311 e. The minimum absolute atomic E-state index is 0.0169. The summed E-state index contributed by atoms with van der Waals surface area (Å²) >= 11 is 0. The van der Waals surface area contributed by atoms with E-state index in [0.29, 0.717) is 12.0 Å². The summed E-state index contributed by atoms with van der Waals surface area (Å²) in [6, 6.07) is 18.8. The molecular weight excluding hydrogens is 358 g/mol. The third-order valence-corrected chi connectivity index (χ3v) is 7.19. The lowest BCUT2D eigenvalue weighted by Gasteiger charge is -2.48. The highest BCUT2D eigenvalue weighted by atomic mass is 16.2. The molecule has 150 valence electrons. The summed E-state index contributed by atoms with van der Waals surface area (Å²) in [5, 5.41) is 9.55. The smallest absolute Gasteiger partial charge is 0.227 e. The molecule has 2 aliphatic rings.